The Kier molecular flexibility index (Phi) is 7.63. The summed E-state index contributed by atoms with van der Waals surface area (Å²) in [5.74, 6) is 0.815. The second kappa shape index (κ2) is 10.7. The molecular formula is C28H31N3O6S. The molecule has 0 bridgehead atoms. The minimum atomic E-state index is -4.39. The number of ether oxygens (including phenoxy) is 2. The van der Waals surface area contributed by atoms with Crippen LogP contribution in [0.4, 0.5) is 4.79 Å². The van der Waals surface area contributed by atoms with Crippen LogP contribution in [0.3, 0.4) is 0 Å². The van der Waals surface area contributed by atoms with E-state index in [1.54, 1.807) is 51.0 Å². The van der Waals surface area contributed by atoms with E-state index in [2.05, 4.69) is 5.32 Å². The van der Waals surface area contributed by atoms with Gasteiger partial charge in [-0.05, 0) is 80.8 Å². The normalized spacial score (nSPS) is 13.3. The maximum absolute atomic E-state index is 13.3. The Morgan fingerprint density at radius 3 is 2.21 bits per heavy atom. The second-order valence-electron chi connectivity index (χ2n) is 9.98. The molecule has 200 valence electrons. The van der Waals surface area contributed by atoms with Gasteiger partial charge >= 0.3 is 6.03 Å². The third kappa shape index (κ3) is 6.44. The minimum absolute atomic E-state index is 0.0203. The van der Waals surface area contributed by atoms with Crippen molar-refractivity contribution in [2.75, 3.05) is 20.2 Å². The van der Waals surface area contributed by atoms with Crippen LogP contribution in [0.2, 0.25) is 0 Å². The molecule has 0 unspecified atom stereocenters. The fourth-order valence-electron chi connectivity index (χ4n) is 3.83. The zero-order valence-electron chi connectivity index (χ0n) is 21.8. The van der Waals surface area contributed by atoms with Gasteiger partial charge in [-0.1, -0.05) is 24.3 Å². The summed E-state index contributed by atoms with van der Waals surface area (Å²) in [4.78, 5) is 26.5. The summed E-state index contributed by atoms with van der Waals surface area (Å²) in [5.41, 5.74) is 1.30. The monoisotopic (exact) mass is 537 g/mol. The number of benzene rings is 3. The number of nitrogens with zero attached hydrogens (tertiary/aromatic N) is 1. The zero-order valence-corrected chi connectivity index (χ0v) is 22.6. The number of amides is 3. The van der Waals surface area contributed by atoms with E-state index in [0.29, 0.717) is 18.8 Å². The average molecular weight is 538 g/mol. The van der Waals surface area contributed by atoms with Crippen molar-refractivity contribution in [3.63, 3.8) is 0 Å². The van der Waals surface area contributed by atoms with E-state index in [1.807, 2.05) is 35.1 Å². The average Bonchev–Trinajstić information content (AvgIpc) is 2.81. The molecule has 0 spiro atoms. The summed E-state index contributed by atoms with van der Waals surface area (Å²) >= 11 is 0. The van der Waals surface area contributed by atoms with E-state index in [0.717, 1.165) is 23.3 Å². The van der Waals surface area contributed by atoms with E-state index in [1.165, 1.54) is 18.2 Å². The van der Waals surface area contributed by atoms with Crippen LogP contribution in [0.1, 0.15) is 37.6 Å². The van der Waals surface area contributed by atoms with Gasteiger partial charge in [0.05, 0.1) is 7.11 Å². The van der Waals surface area contributed by atoms with E-state index >= 15 is 0 Å². The van der Waals surface area contributed by atoms with E-state index in [4.69, 9.17) is 9.47 Å². The molecule has 0 aliphatic carbocycles. The highest BCUT2D eigenvalue weighted by Crippen LogP contribution is 2.33. The van der Waals surface area contributed by atoms with E-state index in [-0.39, 0.29) is 22.1 Å². The third-order valence-electron chi connectivity index (χ3n) is 5.82. The molecule has 38 heavy (non-hydrogen) atoms. The van der Waals surface area contributed by atoms with Crippen LogP contribution < -0.4 is 19.5 Å². The first kappa shape index (κ1) is 27.0. The van der Waals surface area contributed by atoms with Gasteiger partial charge in [0.15, 0.2) is 0 Å². The lowest BCUT2D eigenvalue weighted by Gasteiger charge is -2.31. The molecule has 4 rings (SSSR count). The fourth-order valence-corrected chi connectivity index (χ4v) is 4.89. The SMILES string of the molecule is COc1ccc(-c2cccc(Oc3ccc(C(=O)N4CCC4)cc3S(=O)(=O)NC(=O)NC(C)(C)C)c2)cc1. The molecular weight excluding hydrogens is 506 g/mol. The van der Waals surface area contributed by atoms with Crippen LogP contribution in [-0.2, 0) is 10.0 Å². The second-order valence-corrected chi connectivity index (χ2v) is 11.6. The highest BCUT2D eigenvalue weighted by atomic mass is 32.2. The quantitative estimate of drug-likeness (QED) is 0.448. The highest BCUT2D eigenvalue weighted by molar-refractivity contribution is 7.90. The molecule has 1 aliphatic heterocycles. The standard InChI is InChI=1S/C28H31N3O6S/c1-28(2,3)29-27(33)30-38(34,35)25-18-21(26(32)31-15-6-16-31)11-14-24(25)37-23-8-5-7-20(17-23)19-9-12-22(36-4)13-10-19/h5,7-14,17-18H,6,15-16H2,1-4H3,(H2,29,30,33). The van der Waals surface area contributed by atoms with Crippen LogP contribution >= 0.6 is 0 Å². The van der Waals surface area contributed by atoms with Crippen molar-refractivity contribution >= 4 is 22.0 Å². The van der Waals surface area contributed by atoms with Gasteiger partial charge in [0.2, 0.25) is 0 Å². The fraction of sp³-hybridized carbons (Fsp3) is 0.286. The first-order valence-corrected chi connectivity index (χ1v) is 13.6. The van der Waals surface area contributed by atoms with Crippen molar-refractivity contribution in [1.29, 1.82) is 0 Å². The highest BCUT2D eigenvalue weighted by Gasteiger charge is 2.28. The molecule has 0 radical (unpaired) electrons. The van der Waals surface area contributed by atoms with Crippen molar-refractivity contribution in [1.82, 2.24) is 14.9 Å². The Hall–Kier alpha value is -4.05. The van der Waals surface area contributed by atoms with E-state index < -0.39 is 21.6 Å². The van der Waals surface area contributed by atoms with E-state index in [9.17, 15) is 18.0 Å². The Balaban J connectivity index is 1.68. The summed E-state index contributed by atoms with van der Waals surface area (Å²) in [6.07, 6.45) is 0.900. The summed E-state index contributed by atoms with van der Waals surface area (Å²) in [7, 11) is -2.80. The summed E-state index contributed by atoms with van der Waals surface area (Å²) < 4.78 is 39.9. The van der Waals surface area contributed by atoms with Gasteiger partial charge in [0, 0.05) is 24.2 Å². The molecule has 0 atom stereocenters. The van der Waals surface area contributed by atoms with Crippen molar-refractivity contribution < 1.29 is 27.5 Å². The first-order valence-electron chi connectivity index (χ1n) is 12.2. The van der Waals surface area contributed by atoms with Gasteiger partial charge in [-0.15, -0.1) is 0 Å². The predicted octanol–water partition coefficient (Wildman–Crippen LogP) is 4.79. The van der Waals surface area contributed by atoms with Crippen molar-refractivity contribution in [2.24, 2.45) is 0 Å². The number of rotatable bonds is 7. The predicted molar refractivity (Wildman–Crippen MR) is 144 cm³/mol. The number of carbonyl (C=O) groups is 2. The molecule has 3 aromatic carbocycles. The Morgan fingerprint density at radius 2 is 1.61 bits per heavy atom. The maximum atomic E-state index is 13.3. The Labute approximate surface area is 222 Å². The van der Waals surface area contributed by atoms with Gasteiger partial charge < -0.3 is 19.7 Å². The number of carbonyl (C=O) groups excluding carboxylic acids is 2. The molecule has 0 saturated carbocycles. The van der Waals surface area contributed by atoms with Crippen LogP contribution in [-0.4, -0.2) is 51.0 Å². The molecule has 3 amide bonds. The van der Waals surface area contributed by atoms with Crippen LogP contribution in [0.5, 0.6) is 17.2 Å². The summed E-state index contributed by atoms with van der Waals surface area (Å²) in [6, 6.07) is 18.0. The van der Waals surface area contributed by atoms with Crippen molar-refractivity contribution in [2.45, 2.75) is 37.6 Å². The smallest absolute Gasteiger partial charge is 0.329 e. The number of urea groups is 1. The van der Waals surface area contributed by atoms with Crippen LogP contribution in [0.25, 0.3) is 11.1 Å². The van der Waals surface area contributed by atoms with Crippen LogP contribution in [0, 0.1) is 0 Å². The molecule has 10 heteroatoms. The molecule has 3 aromatic rings. The van der Waals surface area contributed by atoms with Gasteiger partial charge in [0.25, 0.3) is 15.9 Å². The summed E-state index contributed by atoms with van der Waals surface area (Å²) in [5, 5.41) is 2.57. The number of likely N-dealkylation sites (tertiary alicyclic amines) is 1. The molecule has 1 heterocycles. The maximum Gasteiger partial charge on any atom is 0.329 e. The lowest BCUT2D eigenvalue weighted by atomic mass is 10.1. The van der Waals surface area contributed by atoms with Crippen molar-refractivity contribution in [3.05, 3.63) is 72.3 Å². The van der Waals surface area contributed by atoms with Gasteiger partial charge in [-0.3, -0.25) is 4.79 Å². The number of nitrogens with one attached hydrogen (secondary N) is 2. The minimum Gasteiger partial charge on any atom is -0.497 e. The Bertz CT molecular complexity index is 1440. The topological polar surface area (TPSA) is 114 Å². The molecule has 2 N–H and O–H groups in total. The molecule has 1 fully saturated rings. The van der Waals surface area contributed by atoms with Gasteiger partial charge in [-0.25, -0.2) is 17.9 Å². The molecule has 1 aliphatic rings. The third-order valence-corrected chi connectivity index (χ3v) is 7.18. The lowest BCUT2D eigenvalue weighted by molar-refractivity contribution is 0.0651. The molecule has 9 nitrogen and oxygen atoms in total. The first-order chi connectivity index (χ1) is 17.9. The molecule has 0 aromatic heterocycles. The lowest BCUT2D eigenvalue weighted by Crippen LogP contribution is -2.48. The largest absolute Gasteiger partial charge is 0.497 e. The number of sulfonamides is 1. The number of methoxy groups -OCH3 is 1. The zero-order chi connectivity index (χ0) is 27.5. The van der Waals surface area contributed by atoms with Gasteiger partial charge in [-0.2, -0.15) is 0 Å². The Morgan fingerprint density at radius 1 is 0.895 bits per heavy atom. The van der Waals surface area contributed by atoms with Crippen molar-refractivity contribution in [3.8, 4) is 28.4 Å². The number of hydrogen-bond donors (Lipinski definition) is 2. The van der Waals surface area contributed by atoms with Crippen LogP contribution in [0.15, 0.2) is 71.6 Å². The number of hydrogen-bond acceptors (Lipinski definition) is 6. The summed E-state index contributed by atoms with van der Waals surface area (Å²) in [6.45, 7) is 6.43. The van der Waals surface area contributed by atoms with Gasteiger partial charge in [0.1, 0.15) is 22.1 Å². The molecule has 1 saturated heterocycles.